The van der Waals surface area contributed by atoms with Gasteiger partial charge in [0.15, 0.2) is 18.8 Å². The minimum atomic E-state index is -1.14. The van der Waals surface area contributed by atoms with Gasteiger partial charge in [-0.15, -0.1) is 0 Å². The first-order chi connectivity index (χ1) is 3.15. The lowest BCUT2D eigenvalue weighted by atomic mass is 11.9. The smallest absolute Gasteiger partial charge is 0.166 e. The highest BCUT2D eigenvalue weighted by Crippen LogP contribution is 1.60. The summed E-state index contributed by atoms with van der Waals surface area (Å²) in [6.45, 7) is 5.54. The fraction of sp³-hybridized carbons (Fsp3) is 1.00. The van der Waals surface area contributed by atoms with Crippen LogP contribution < -0.4 is 0 Å². The van der Waals surface area contributed by atoms with Crippen LogP contribution in [0.15, 0.2) is 0 Å². The zero-order valence-electron chi connectivity index (χ0n) is 5.18. The minimum Gasteiger partial charge on any atom is -0.438 e. The molecule has 0 atom stereocenters. The van der Waals surface area contributed by atoms with Crippen molar-refractivity contribution in [1.29, 1.82) is 0 Å². The van der Waals surface area contributed by atoms with E-state index >= 15 is 0 Å². The molecule has 0 saturated heterocycles. The van der Waals surface area contributed by atoms with E-state index in [0.717, 1.165) is 0 Å². The van der Waals surface area contributed by atoms with E-state index < -0.39 is 18.8 Å². The van der Waals surface area contributed by atoms with Crippen molar-refractivity contribution in [2.24, 2.45) is 0 Å². The first-order valence-corrected chi connectivity index (χ1v) is 7.31. The van der Waals surface area contributed by atoms with E-state index in [1.165, 1.54) is 0 Å². The van der Waals surface area contributed by atoms with Gasteiger partial charge in [-0.3, -0.25) is 0 Å². The van der Waals surface area contributed by atoms with Gasteiger partial charge in [-0.05, 0) is 13.1 Å². The molecule has 4 heteroatoms. The molecule has 0 saturated carbocycles. The lowest BCUT2D eigenvalue weighted by molar-refractivity contribution is 0.587. The van der Waals surface area contributed by atoms with Crippen LogP contribution >= 0.6 is 0 Å². The van der Waals surface area contributed by atoms with Crippen molar-refractivity contribution in [3.8, 4) is 0 Å². The van der Waals surface area contributed by atoms with Crippen molar-refractivity contribution in [2.45, 2.75) is 19.6 Å². The average Bonchev–Trinajstić information content (AvgIpc) is 1.33. The maximum Gasteiger partial charge on any atom is 0.166 e. The first-order valence-electron chi connectivity index (χ1n) is 2.44. The van der Waals surface area contributed by atoms with E-state index in [-0.39, 0.29) is 0 Å². The molecule has 2 nitrogen and oxygen atoms in total. The number of hydrogen-bond donors (Lipinski definition) is 2. The zero-order chi connectivity index (χ0) is 6.28. The second-order valence-electron chi connectivity index (χ2n) is 1.41. The van der Waals surface area contributed by atoms with Crippen LogP contribution in [0.3, 0.4) is 0 Å². The Labute approximate surface area is 48.9 Å². The first kappa shape index (κ1) is 10.4. The summed E-state index contributed by atoms with van der Waals surface area (Å²) in [4.78, 5) is 15.9. The van der Waals surface area contributed by atoms with Crippen LogP contribution in [0.25, 0.3) is 0 Å². The van der Waals surface area contributed by atoms with Crippen LogP contribution in [0.4, 0.5) is 0 Å². The molecule has 0 aromatic rings. The standard InChI is InChI=1S/C2H8OSi.CH6OSi/c1-4(2)3;1-3-2/h3-4H,1-2H3;2H,3H2,1H3. The molecule has 0 aliphatic heterocycles. The van der Waals surface area contributed by atoms with Gasteiger partial charge in [-0.1, -0.05) is 6.55 Å². The van der Waals surface area contributed by atoms with Crippen molar-refractivity contribution in [2.75, 3.05) is 0 Å². The molecule has 0 aromatic carbocycles. The summed E-state index contributed by atoms with van der Waals surface area (Å²) < 4.78 is 0. The number of hydrogen-bond acceptors (Lipinski definition) is 2. The maximum atomic E-state index is 8.19. The normalized spacial score (nSPS) is 9.43. The predicted molar refractivity (Wildman–Crippen MR) is 37.7 cm³/mol. The second-order valence-corrected chi connectivity index (χ2v) is 4.23. The van der Waals surface area contributed by atoms with E-state index in [9.17, 15) is 0 Å². The van der Waals surface area contributed by atoms with Crippen LogP contribution in [0.2, 0.25) is 19.6 Å². The lowest BCUT2D eigenvalue weighted by Gasteiger charge is -1.76. The molecule has 0 spiro atoms. The average molecular weight is 138 g/mol. The highest BCUT2D eigenvalue weighted by molar-refractivity contribution is 6.46. The Morgan fingerprint density at radius 2 is 1.43 bits per heavy atom. The summed E-state index contributed by atoms with van der Waals surface area (Å²) in [7, 11) is -1.72. The van der Waals surface area contributed by atoms with Crippen molar-refractivity contribution in [1.82, 2.24) is 0 Å². The van der Waals surface area contributed by atoms with Crippen molar-refractivity contribution in [3.63, 3.8) is 0 Å². The maximum absolute atomic E-state index is 8.19. The monoisotopic (exact) mass is 138 g/mol. The molecule has 2 N–H and O–H groups in total. The van der Waals surface area contributed by atoms with Crippen LogP contribution in [0.1, 0.15) is 0 Å². The van der Waals surface area contributed by atoms with Crippen molar-refractivity contribution in [3.05, 3.63) is 0 Å². The third-order valence-electron chi connectivity index (χ3n) is 0. The Morgan fingerprint density at radius 3 is 1.43 bits per heavy atom. The highest BCUT2D eigenvalue weighted by Gasteiger charge is 1.74. The van der Waals surface area contributed by atoms with Gasteiger partial charge in [0, 0.05) is 0 Å². The molecule has 7 heavy (non-hydrogen) atoms. The predicted octanol–water partition coefficient (Wildman–Crippen LogP) is -0.927. The molecule has 0 heterocycles. The topological polar surface area (TPSA) is 40.5 Å². The molecule has 0 amide bonds. The Hall–Kier alpha value is 0.354. The van der Waals surface area contributed by atoms with E-state index in [1.807, 2.05) is 19.6 Å². The zero-order valence-corrected chi connectivity index (χ0v) is 7.75. The molecule has 0 fully saturated rings. The molecule has 0 aliphatic rings. The molecule has 0 unspecified atom stereocenters. The van der Waals surface area contributed by atoms with Crippen LogP contribution in [0, 0.1) is 0 Å². The van der Waals surface area contributed by atoms with Gasteiger partial charge in [0.1, 0.15) is 0 Å². The minimum absolute atomic E-state index is 0.583. The van der Waals surface area contributed by atoms with E-state index in [4.69, 9.17) is 9.59 Å². The molecule has 46 valence electrons. The summed E-state index contributed by atoms with van der Waals surface area (Å²) >= 11 is 0. The van der Waals surface area contributed by atoms with E-state index in [2.05, 4.69) is 0 Å². The molecule has 0 aliphatic carbocycles. The van der Waals surface area contributed by atoms with Gasteiger partial charge in [0.2, 0.25) is 0 Å². The van der Waals surface area contributed by atoms with Crippen molar-refractivity contribution >= 4 is 18.8 Å². The van der Waals surface area contributed by atoms with Crippen LogP contribution in [-0.4, -0.2) is 28.4 Å². The molecule has 0 radical (unpaired) electrons. The molecular weight excluding hydrogens is 124 g/mol. The SMILES string of the molecule is C[SiH2]O.C[SiH](C)O. The molecular formula is C3H14O2Si2. The molecule has 0 bridgehead atoms. The van der Waals surface area contributed by atoms with Gasteiger partial charge in [0.05, 0.1) is 0 Å². The van der Waals surface area contributed by atoms with Crippen LogP contribution in [-0.2, 0) is 0 Å². The van der Waals surface area contributed by atoms with Gasteiger partial charge in [-0.25, -0.2) is 0 Å². The quantitative estimate of drug-likeness (QED) is 0.425. The highest BCUT2D eigenvalue weighted by atomic mass is 28.3. The van der Waals surface area contributed by atoms with Crippen LogP contribution in [0.5, 0.6) is 0 Å². The third kappa shape index (κ3) is 962. The Kier molecular flexibility index (Phi) is 14.2. The second kappa shape index (κ2) is 9.61. The van der Waals surface area contributed by atoms with Gasteiger partial charge in [0.25, 0.3) is 0 Å². The lowest BCUT2D eigenvalue weighted by Crippen LogP contribution is -1.93. The van der Waals surface area contributed by atoms with Gasteiger partial charge in [-0.2, -0.15) is 0 Å². The van der Waals surface area contributed by atoms with Gasteiger partial charge >= 0.3 is 0 Å². The fourth-order valence-electron chi connectivity index (χ4n) is 0. The summed E-state index contributed by atoms with van der Waals surface area (Å²) in [5, 5.41) is 0. The van der Waals surface area contributed by atoms with Gasteiger partial charge < -0.3 is 9.59 Å². The summed E-state index contributed by atoms with van der Waals surface area (Å²) in [5.41, 5.74) is 0. The summed E-state index contributed by atoms with van der Waals surface area (Å²) in [6.07, 6.45) is 0. The van der Waals surface area contributed by atoms with Crippen molar-refractivity contribution < 1.29 is 9.59 Å². The van der Waals surface area contributed by atoms with E-state index in [1.54, 1.807) is 0 Å². The fourth-order valence-corrected chi connectivity index (χ4v) is 0. The third-order valence-corrected chi connectivity index (χ3v) is 0. The van der Waals surface area contributed by atoms with E-state index in [0.29, 0.717) is 0 Å². The largest absolute Gasteiger partial charge is 0.438 e. The molecule has 0 rings (SSSR count). The number of rotatable bonds is 0. The Bertz CT molecular complexity index is 22.1. The molecule has 0 aromatic heterocycles. The Balaban J connectivity index is 0. The summed E-state index contributed by atoms with van der Waals surface area (Å²) in [6, 6.07) is 0. The Morgan fingerprint density at radius 1 is 1.43 bits per heavy atom. The summed E-state index contributed by atoms with van der Waals surface area (Å²) in [5.74, 6) is 0.